The van der Waals surface area contributed by atoms with Gasteiger partial charge in [0.2, 0.25) is 0 Å². The van der Waals surface area contributed by atoms with Crippen LogP contribution in [0.15, 0.2) is 12.2 Å². The van der Waals surface area contributed by atoms with E-state index in [0.29, 0.717) is 6.61 Å². The second kappa shape index (κ2) is 9.23. The van der Waals surface area contributed by atoms with Crippen LogP contribution in [0.25, 0.3) is 0 Å². The maximum absolute atomic E-state index is 11.7. The quantitative estimate of drug-likeness (QED) is 0.318. The molecule has 0 aliphatic carbocycles. The molecular weight excluding hydrogens is 416 g/mol. The largest absolute Gasteiger partial charge is 0.466 e. The standard InChI is InChI=1S/C23H42O7Si/c1-15(19-16(12-13-18(24)25-9)27-23(7,8)29-19)20(17-14-26-22(5,6)28-17)30-31(10,11)21(2,3)4/h12-13,15-17,19-20H,14H2,1-11H3/b13-12+/t15-,16-,17-,19-,20-/m1/s1. The van der Waals surface area contributed by atoms with Gasteiger partial charge in [-0.05, 0) is 51.9 Å². The van der Waals surface area contributed by atoms with Gasteiger partial charge in [0, 0.05) is 12.0 Å². The minimum absolute atomic E-state index is 0.0381. The van der Waals surface area contributed by atoms with Gasteiger partial charge in [0.25, 0.3) is 0 Å². The van der Waals surface area contributed by atoms with Gasteiger partial charge in [0.15, 0.2) is 19.9 Å². The molecule has 0 unspecified atom stereocenters. The second-order valence-corrected chi connectivity index (χ2v) is 15.8. The molecule has 0 bridgehead atoms. The maximum atomic E-state index is 11.7. The van der Waals surface area contributed by atoms with Crippen LogP contribution in [0.2, 0.25) is 18.1 Å². The average Bonchev–Trinajstić information content (AvgIpc) is 3.14. The summed E-state index contributed by atoms with van der Waals surface area (Å²) in [4.78, 5) is 11.7. The van der Waals surface area contributed by atoms with E-state index in [1.54, 1.807) is 6.08 Å². The average molecular weight is 459 g/mol. The Bertz CT molecular complexity index is 665. The van der Waals surface area contributed by atoms with E-state index < -0.39 is 32.0 Å². The van der Waals surface area contributed by atoms with E-state index in [9.17, 15) is 4.79 Å². The summed E-state index contributed by atoms with van der Waals surface area (Å²) < 4.78 is 36.1. The first-order valence-corrected chi connectivity index (χ1v) is 14.0. The molecule has 2 aliphatic rings. The molecule has 180 valence electrons. The molecule has 0 aromatic carbocycles. The lowest BCUT2D eigenvalue weighted by Gasteiger charge is -2.43. The molecule has 0 radical (unpaired) electrons. The van der Waals surface area contributed by atoms with Crippen molar-refractivity contribution in [2.45, 2.75) is 110 Å². The highest BCUT2D eigenvalue weighted by Gasteiger charge is 2.51. The summed E-state index contributed by atoms with van der Waals surface area (Å²) in [6.45, 7) is 21.3. The maximum Gasteiger partial charge on any atom is 0.330 e. The number of esters is 1. The van der Waals surface area contributed by atoms with Gasteiger partial charge < -0.3 is 28.1 Å². The molecule has 8 heteroatoms. The van der Waals surface area contributed by atoms with Crippen LogP contribution in [0, 0.1) is 5.92 Å². The molecule has 2 saturated heterocycles. The molecule has 2 aliphatic heterocycles. The van der Waals surface area contributed by atoms with Crippen molar-refractivity contribution in [3.63, 3.8) is 0 Å². The zero-order chi connectivity index (χ0) is 23.8. The fourth-order valence-electron chi connectivity index (χ4n) is 3.72. The fraction of sp³-hybridized carbons (Fsp3) is 0.870. The lowest BCUT2D eigenvalue weighted by Crippen LogP contribution is -2.53. The van der Waals surface area contributed by atoms with Crippen LogP contribution in [-0.2, 0) is 32.9 Å². The molecule has 7 nitrogen and oxygen atoms in total. The Morgan fingerprint density at radius 1 is 1.10 bits per heavy atom. The summed E-state index contributed by atoms with van der Waals surface area (Å²) in [5, 5.41) is 0.0381. The normalized spacial score (nSPS) is 30.5. The van der Waals surface area contributed by atoms with E-state index in [-0.39, 0.29) is 29.3 Å². The van der Waals surface area contributed by atoms with E-state index in [4.69, 9.17) is 28.1 Å². The first-order valence-electron chi connectivity index (χ1n) is 11.1. The molecule has 0 aromatic rings. The molecule has 0 saturated carbocycles. The minimum Gasteiger partial charge on any atom is -0.466 e. The number of hydrogen-bond donors (Lipinski definition) is 0. The highest BCUT2D eigenvalue weighted by molar-refractivity contribution is 6.74. The molecule has 0 aromatic heterocycles. The number of carbonyl (C=O) groups is 1. The van der Waals surface area contributed by atoms with E-state index in [1.807, 2.05) is 27.7 Å². The molecular formula is C23H42O7Si. The Morgan fingerprint density at radius 2 is 1.71 bits per heavy atom. The van der Waals surface area contributed by atoms with Crippen LogP contribution in [-0.4, -0.2) is 64.0 Å². The van der Waals surface area contributed by atoms with Crippen LogP contribution in [0.4, 0.5) is 0 Å². The van der Waals surface area contributed by atoms with Gasteiger partial charge in [-0.3, -0.25) is 0 Å². The summed E-state index contributed by atoms with van der Waals surface area (Å²) in [7, 11) is -0.767. The van der Waals surface area contributed by atoms with E-state index >= 15 is 0 Å². The predicted molar refractivity (Wildman–Crippen MR) is 121 cm³/mol. The summed E-state index contributed by atoms with van der Waals surface area (Å²) >= 11 is 0. The number of carbonyl (C=O) groups excluding carboxylic acids is 1. The Labute approximate surface area is 188 Å². The van der Waals surface area contributed by atoms with E-state index in [0.717, 1.165) is 0 Å². The number of rotatable bonds is 7. The van der Waals surface area contributed by atoms with Gasteiger partial charge in [-0.15, -0.1) is 0 Å². The monoisotopic (exact) mass is 458 g/mol. The zero-order valence-corrected chi connectivity index (χ0v) is 22.1. The molecule has 5 atom stereocenters. The minimum atomic E-state index is -2.12. The Balaban J connectivity index is 2.34. The van der Waals surface area contributed by atoms with Crippen molar-refractivity contribution >= 4 is 14.3 Å². The summed E-state index contributed by atoms with van der Waals surface area (Å²) in [5.74, 6) is -1.94. The summed E-state index contributed by atoms with van der Waals surface area (Å²) in [6, 6.07) is 0. The molecule has 0 amide bonds. The zero-order valence-electron chi connectivity index (χ0n) is 21.1. The van der Waals surface area contributed by atoms with Crippen molar-refractivity contribution < 1.29 is 32.9 Å². The topological polar surface area (TPSA) is 72.5 Å². The third-order valence-corrected chi connectivity index (χ3v) is 10.9. The SMILES string of the molecule is COC(=O)/C=C/[C@H]1OC(C)(C)O[C@@H]1[C@@H](C)[C@@H](O[Si](C)(C)C(C)(C)C)[C@H]1COC(C)(C)O1. The Kier molecular flexibility index (Phi) is 7.88. The summed E-state index contributed by atoms with van der Waals surface area (Å²) in [5.41, 5.74) is 0. The van der Waals surface area contributed by atoms with Gasteiger partial charge in [-0.1, -0.05) is 27.7 Å². The first-order chi connectivity index (χ1) is 14.0. The van der Waals surface area contributed by atoms with Crippen molar-refractivity contribution in [3.8, 4) is 0 Å². The molecule has 0 N–H and O–H groups in total. The molecule has 2 fully saturated rings. The van der Waals surface area contributed by atoms with Crippen LogP contribution < -0.4 is 0 Å². The van der Waals surface area contributed by atoms with Crippen molar-refractivity contribution in [2.75, 3.05) is 13.7 Å². The van der Waals surface area contributed by atoms with Crippen LogP contribution in [0.5, 0.6) is 0 Å². The number of ether oxygens (including phenoxy) is 5. The van der Waals surface area contributed by atoms with Gasteiger partial charge in [-0.2, -0.15) is 0 Å². The molecule has 2 rings (SSSR count). The molecule has 31 heavy (non-hydrogen) atoms. The Hall–Kier alpha value is -0.773. The second-order valence-electron chi connectivity index (χ2n) is 11.0. The third kappa shape index (κ3) is 6.62. The van der Waals surface area contributed by atoms with Crippen LogP contribution in [0.3, 0.4) is 0 Å². The van der Waals surface area contributed by atoms with Gasteiger partial charge in [0.1, 0.15) is 12.2 Å². The number of methoxy groups -OCH3 is 1. The lowest BCUT2D eigenvalue weighted by molar-refractivity contribution is -0.168. The van der Waals surface area contributed by atoms with Crippen molar-refractivity contribution in [1.82, 2.24) is 0 Å². The Morgan fingerprint density at radius 3 is 2.19 bits per heavy atom. The fourth-order valence-corrected chi connectivity index (χ4v) is 5.12. The van der Waals surface area contributed by atoms with Gasteiger partial charge in [-0.25, -0.2) is 4.79 Å². The van der Waals surface area contributed by atoms with E-state index in [1.165, 1.54) is 13.2 Å². The lowest BCUT2D eigenvalue weighted by atomic mass is 9.91. The molecule has 2 heterocycles. The molecule has 0 spiro atoms. The predicted octanol–water partition coefficient (Wildman–Crippen LogP) is 4.41. The van der Waals surface area contributed by atoms with Crippen molar-refractivity contribution in [1.29, 1.82) is 0 Å². The van der Waals surface area contributed by atoms with Gasteiger partial charge in [0.05, 0.1) is 25.9 Å². The smallest absolute Gasteiger partial charge is 0.330 e. The highest BCUT2D eigenvalue weighted by Crippen LogP contribution is 2.42. The van der Waals surface area contributed by atoms with Crippen LogP contribution >= 0.6 is 0 Å². The highest BCUT2D eigenvalue weighted by atomic mass is 28.4. The number of hydrogen-bond acceptors (Lipinski definition) is 7. The van der Waals surface area contributed by atoms with Gasteiger partial charge >= 0.3 is 5.97 Å². The summed E-state index contributed by atoms with van der Waals surface area (Å²) in [6.07, 6.45) is 1.89. The first kappa shape index (κ1) is 26.5. The van der Waals surface area contributed by atoms with Crippen molar-refractivity contribution in [2.24, 2.45) is 5.92 Å². The van der Waals surface area contributed by atoms with E-state index in [2.05, 4.69) is 40.8 Å². The van der Waals surface area contributed by atoms with Crippen LogP contribution in [0.1, 0.15) is 55.4 Å². The van der Waals surface area contributed by atoms with Crippen molar-refractivity contribution in [3.05, 3.63) is 12.2 Å². The third-order valence-electron chi connectivity index (χ3n) is 6.46.